The Morgan fingerprint density at radius 1 is 1.26 bits per heavy atom. The summed E-state index contributed by atoms with van der Waals surface area (Å²) in [4.78, 5) is 12.4. The van der Waals surface area contributed by atoms with Crippen LogP contribution in [0.15, 0.2) is 0 Å². The molecule has 0 bridgehead atoms. The third-order valence-corrected chi connectivity index (χ3v) is 5.76. The zero-order chi connectivity index (χ0) is 13.2. The summed E-state index contributed by atoms with van der Waals surface area (Å²) >= 11 is 0. The number of hydrogen-bond donors (Lipinski definition) is 2. The fourth-order valence-corrected chi connectivity index (χ4v) is 5.04. The van der Waals surface area contributed by atoms with Gasteiger partial charge in [0.1, 0.15) is 6.04 Å². The third kappa shape index (κ3) is 2.79. The van der Waals surface area contributed by atoms with Crippen LogP contribution in [0, 0.1) is 11.8 Å². The lowest BCUT2D eigenvalue weighted by Crippen LogP contribution is -3.22. The molecule has 0 spiro atoms. The first kappa shape index (κ1) is 13.4. The van der Waals surface area contributed by atoms with Crippen molar-refractivity contribution in [3.05, 3.63) is 0 Å². The van der Waals surface area contributed by atoms with Crippen molar-refractivity contribution in [1.29, 1.82) is 0 Å². The molecule has 4 nitrogen and oxygen atoms in total. The van der Waals surface area contributed by atoms with Crippen LogP contribution in [0.5, 0.6) is 0 Å². The highest BCUT2D eigenvalue weighted by molar-refractivity contribution is 5.64. The van der Waals surface area contributed by atoms with Crippen molar-refractivity contribution in [2.24, 2.45) is 11.8 Å². The molecule has 3 saturated heterocycles. The van der Waals surface area contributed by atoms with E-state index in [0.717, 1.165) is 30.7 Å². The highest BCUT2D eigenvalue weighted by Crippen LogP contribution is 2.29. The van der Waals surface area contributed by atoms with Gasteiger partial charge in [0, 0.05) is 12.4 Å². The van der Waals surface area contributed by atoms with Crippen LogP contribution in [-0.2, 0) is 4.79 Å². The van der Waals surface area contributed by atoms with Gasteiger partial charge < -0.3 is 20.1 Å². The van der Waals surface area contributed by atoms with Crippen LogP contribution < -0.4 is 15.3 Å². The van der Waals surface area contributed by atoms with Crippen molar-refractivity contribution in [2.45, 2.75) is 57.0 Å². The Morgan fingerprint density at radius 3 is 2.84 bits per heavy atom. The summed E-state index contributed by atoms with van der Waals surface area (Å²) in [5, 5.41) is 13.1. The summed E-state index contributed by atoms with van der Waals surface area (Å²) in [6.45, 7) is 4.04. The van der Waals surface area contributed by atoms with E-state index in [-0.39, 0.29) is 6.42 Å². The minimum absolute atomic E-state index is 0.238. The van der Waals surface area contributed by atoms with Gasteiger partial charge in [-0.3, -0.25) is 0 Å². The Labute approximate surface area is 115 Å². The standard InChI is InChI=1S/C15H26N2O2/c18-14(19)7-1-6-13-12-5-3-9-17-8-2-4-11(10-16-13)15(12)17/h11-13,15-16H,1-10H2,(H,18,19)/p+1/t11-,12+,13+,15-/m1/s1. The molecule has 5 atom stereocenters. The number of piperidine rings is 3. The van der Waals surface area contributed by atoms with E-state index >= 15 is 0 Å². The number of hydrogen-bond acceptors (Lipinski definition) is 2. The van der Waals surface area contributed by atoms with Crippen LogP contribution >= 0.6 is 0 Å². The summed E-state index contributed by atoms with van der Waals surface area (Å²) in [6.07, 6.45) is 7.67. The quantitative estimate of drug-likeness (QED) is 0.614. The first-order valence-corrected chi connectivity index (χ1v) is 8.13. The summed E-state index contributed by atoms with van der Waals surface area (Å²) in [5.41, 5.74) is 0. The number of rotatable bonds is 4. The minimum atomic E-state index is -0.887. The molecule has 0 aromatic heterocycles. The molecule has 3 fully saturated rings. The fraction of sp³-hybridized carbons (Fsp3) is 0.933. The van der Waals surface area contributed by atoms with Crippen LogP contribution in [0.3, 0.4) is 0 Å². The molecule has 19 heavy (non-hydrogen) atoms. The lowest BCUT2D eigenvalue weighted by molar-refractivity contribution is -0.956. The van der Waals surface area contributed by atoms with E-state index in [1.54, 1.807) is 0 Å². The minimum Gasteiger partial charge on any atom is -0.550 e. The molecule has 3 N–H and O–H groups in total. The van der Waals surface area contributed by atoms with E-state index in [9.17, 15) is 9.90 Å². The molecule has 0 aromatic carbocycles. The Hall–Kier alpha value is -0.610. The largest absolute Gasteiger partial charge is 0.550 e. The second kappa shape index (κ2) is 5.80. The smallest absolute Gasteiger partial charge is 0.104 e. The highest BCUT2D eigenvalue weighted by Gasteiger charge is 2.50. The van der Waals surface area contributed by atoms with Crippen LogP contribution in [0.2, 0.25) is 0 Å². The van der Waals surface area contributed by atoms with Crippen LogP contribution in [0.25, 0.3) is 0 Å². The molecule has 0 aromatic rings. The second-order valence-corrected chi connectivity index (χ2v) is 6.79. The van der Waals surface area contributed by atoms with E-state index in [1.807, 2.05) is 4.90 Å². The molecular formula is C15H27N2O2+. The Kier molecular flexibility index (Phi) is 4.08. The number of nitrogens with two attached hydrogens (primary N) is 1. The van der Waals surface area contributed by atoms with Crippen molar-refractivity contribution in [3.63, 3.8) is 0 Å². The predicted molar refractivity (Wildman–Crippen MR) is 69.4 cm³/mol. The predicted octanol–water partition coefficient (Wildman–Crippen LogP) is -2.07. The number of carbonyl (C=O) groups excluding carboxylic acids is 1. The average molecular weight is 267 g/mol. The number of nitrogens with one attached hydrogen (secondary N) is 1. The Balaban J connectivity index is 1.62. The zero-order valence-corrected chi connectivity index (χ0v) is 11.8. The van der Waals surface area contributed by atoms with Crippen molar-refractivity contribution >= 4 is 5.97 Å². The zero-order valence-electron chi connectivity index (χ0n) is 11.8. The molecule has 3 aliphatic rings. The van der Waals surface area contributed by atoms with E-state index in [2.05, 4.69) is 5.32 Å². The van der Waals surface area contributed by atoms with Gasteiger partial charge in [-0.1, -0.05) is 0 Å². The first-order valence-electron chi connectivity index (χ1n) is 8.13. The summed E-state index contributed by atoms with van der Waals surface area (Å²) < 4.78 is 0. The van der Waals surface area contributed by atoms with Gasteiger partial charge in [-0.25, -0.2) is 0 Å². The SMILES string of the molecule is O=C([O-])CCC[C@@H]1[NH2+]C[C@H]2CCC[NH+]3CCC[C@@H]1[C@@H]23. The van der Waals surface area contributed by atoms with Gasteiger partial charge in [0.2, 0.25) is 0 Å². The van der Waals surface area contributed by atoms with E-state index in [0.29, 0.717) is 6.04 Å². The van der Waals surface area contributed by atoms with Gasteiger partial charge >= 0.3 is 0 Å². The third-order valence-electron chi connectivity index (χ3n) is 5.76. The fourth-order valence-electron chi connectivity index (χ4n) is 5.04. The molecular weight excluding hydrogens is 240 g/mol. The van der Waals surface area contributed by atoms with Crippen molar-refractivity contribution < 1.29 is 20.1 Å². The molecule has 108 valence electrons. The molecule has 1 unspecified atom stereocenters. The van der Waals surface area contributed by atoms with Gasteiger partial charge in [-0.15, -0.1) is 0 Å². The Bertz CT molecular complexity index is 325. The van der Waals surface area contributed by atoms with Gasteiger partial charge in [-0.05, 0) is 38.5 Å². The highest BCUT2D eigenvalue weighted by atomic mass is 16.4. The molecule has 4 heteroatoms. The molecule has 0 saturated carbocycles. The maximum Gasteiger partial charge on any atom is 0.104 e. The average Bonchev–Trinajstić information content (AvgIpc) is 2.41. The normalized spacial score (nSPS) is 41.6. The number of carbonyl (C=O) groups is 1. The van der Waals surface area contributed by atoms with Crippen LogP contribution in [0.1, 0.15) is 44.9 Å². The number of carboxylic acid groups (broad SMARTS) is 1. The maximum atomic E-state index is 10.6. The van der Waals surface area contributed by atoms with Gasteiger partial charge in [-0.2, -0.15) is 0 Å². The first-order chi connectivity index (χ1) is 9.25. The molecule has 0 amide bonds. The topological polar surface area (TPSA) is 61.2 Å². The Morgan fingerprint density at radius 2 is 2.05 bits per heavy atom. The van der Waals surface area contributed by atoms with Gasteiger partial charge in [0.05, 0.1) is 37.5 Å². The van der Waals surface area contributed by atoms with Crippen molar-refractivity contribution in [1.82, 2.24) is 0 Å². The maximum absolute atomic E-state index is 10.6. The van der Waals surface area contributed by atoms with Crippen molar-refractivity contribution in [3.8, 4) is 0 Å². The van der Waals surface area contributed by atoms with Crippen LogP contribution in [-0.4, -0.2) is 37.7 Å². The lowest BCUT2D eigenvalue weighted by Gasteiger charge is -2.49. The molecule has 3 aliphatic heterocycles. The van der Waals surface area contributed by atoms with Gasteiger partial charge in [0.15, 0.2) is 0 Å². The van der Waals surface area contributed by atoms with E-state index < -0.39 is 5.97 Å². The van der Waals surface area contributed by atoms with Crippen molar-refractivity contribution in [2.75, 3.05) is 19.6 Å². The molecule has 0 radical (unpaired) electrons. The second-order valence-electron chi connectivity index (χ2n) is 6.79. The summed E-state index contributed by atoms with van der Waals surface area (Å²) in [6, 6.07) is 1.56. The molecule has 3 rings (SSSR count). The molecule has 3 heterocycles. The van der Waals surface area contributed by atoms with E-state index in [4.69, 9.17) is 0 Å². The summed E-state index contributed by atoms with van der Waals surface area (Å²) in [7, 11) is 0. The number of carboxylic acids is 1. The monoisotopic (exact) mass is 267 g/mol. The summed E-state index contributed by atoms with van der Waals surface area (Å²) in [5.74, 6) is 0.873. The van der Waals surface area contributed by atoms with E-state index in [1.165, 1.54) is 45.3 Å². The number of aliphatic carboxylic acids is 1. The lowest BCUT2D eigenvalue weighted by atomic mass is 9.70. The van der Waals surface area contributed by atoms with Gasteiger partial charge in [0.25, 0.3) is 0 Å². The number of quaternary nitrogens is 2. The van der Waals surface area contributed by atoms with Crippen LogP contribution in [0.4, 0.5) is 0 Å². The molecule has 0 aliphatic carbocycles.